The summed E-state index contributed by atoms with van der Waals surface area (Å²) in [6.45, 7) is 1.76. The van der Waals surface area contributed by atoms with Crippen LogP contribution in [-0.4, -0.2) is 54.2 Å². The summed E-state index contributed by atoms with van der Waals surface area (Å²) in [5, 5.41) is 3.15. The monoisotopic (exact) mass is 527 g/mol. The lowest BCUT2D eigenvalue weighted by molar-refractivity contribution is 0.354. The van der Waals surface area contributed by atoms with Crippen LogP contribution in [0.4, 0.5) is 27.5 Å². The number of benzene rings is 2. The first-order valence-corrected chi connectivity index (χ1v) is 15.0. The molecule has 11 heteroatoms. The molecule has 2 aromatic carbocycles. The van der Waals surface area contributed by atoms with Crippen molar-refractivity contribution in [2.45, 2.75) is 29.6 Å². The van der Waals surface area contributed by atoms with Gasteiger partial charge in [-0.3, -0.25) is 8.51 Å². The second-order valence-electron chi connectivity index (χ2n) is 9.64. The maximum Gasteiger partial charge on any atom is 0.232 e. The largest absolute Gasteiger partial charge is 0.341 e. The molecule has 1 unspecified atom stereocenters. The summed E-state index contributed by atoms with van der Waals surface area (Å²) in [7, 11) is -4.58. The van der Waals surface area contributed by atoms with Crippen molar-refractivity contribution in [3.63, 3.8) is 0 Å². The van der Waals surface area contributed by atoms with E-state index in [1.54, 1.807) is 12.1 Å². The molecule has 0 aliphatic carbocycles. The number of aryl methyl sites for hydroxylation is 1. The lowest BCUT2D eigenvalue weighted by Gasteiger charge is -2.40. The number of nitrogens with one attached hydrogen (secondary N) is 1. The van der Waals surface area contributed by atoms with Crippen LogP contribution in [0.1, 0.15) is 24.1 Å². The van der Waals surface area contributed by atoms with Crippen molar-refractivity contribution >= 4 is 44.0 Å². The summed E-state index contributed by atoms with van der Waals surface area (Å²) >= 11 is 0. The first kappa shape index (κ1) is 23.4. The van der Waals surface area contributed by atoms with Crippen LogP contribution in [-0.2, 0) is 32.7 Å². The molecule has 1 aromatic heterocycles. The first-order chi connectivity index (χ1) is 17.2. The highest BCUT2D eigenvalue weighted by molar-refractivity contribution is 7.92. The quantitative estimate of drug-likeness (QED) is 0.556. The molecular formula is C25H26FN5O3S2. The molecule has 0 bridgehead atoms. The van der Waals surface area contributed by atoms with Crippen LogP contribution in [0.3, 0.4) is 0 Å². The molecule has 3 aliphatic rings. The fourth-order valence-electron chi connectivity index (χ4n) is 5.56. The number of halogens is 1. The van der Waals surface area contributed by atoms with Gasteiger partial charge in [0, 0.05) is 42.9 Å². The Morgan fingerprint density at radius 2 is 1.86 bits per heavy atom. The topological polar surface area (TPSA) is 95.5 Å². The third kappa shape index (κ3) is 3.94. The zero-order valence-electron chi connectivity index (χ0n) is 19.8. The van der Waals surface area contributed by atoms with Gasteiger partial charge >= 0.3 is 0 Å². The van der Waals surface area contributed by atoms with Gasteiger partial charge in [-0.2, -0.15) is 4.98 Å². The third-order valence-corrected chi connectivity index (χ3v) is 9.94. The van der Waals surface area contributed by atoms with Crippen LogP contribution in [0.5, 0.6) is 0 Å². The highest BCUT2D eigenvalue weighted by Gasteiger charge is 2.47. The van der Waals surface area contributed by atoms with Gasteiger partial charge in [-0.05, 0) is 42.7 Å². The molecule has 6 rings (SSSR count). The molecule has 4 heterocycles. The van der Waals surface area contributed by atoms with Crippen molar-refractivity contribution in [3.05, 3.63) is 65.6 Å². The molecule has 1 spiro atoms. The van der Waals surface area contributed by atoms with E-state index in [0.29, 0.717) is 54.2 Å². The molecule has 3 aromatic rings. The van der Waals surface area contributed by atoms with E-state index in [1.807, 2.05) is 24.3 Å². The standard InChI is InChI=1S/C25H26FN5O3S2/c1-36(33,34)31-16-25(19-7-2-3-8-21(19)31)10-12-30(13-11-25)24-28-20-9-14-35(32)22(20)23(29-24)27-18-6-4-5-17(26)15-18/h2-8,15H,9-14,16H2,1H3,(H,27,28,29). The van der Waals surface area contributed by atoms with E-state index in [0.717, 1.165) is 29.8 Å². The van der Waals surface area contributed by atoms with Crippen LogP contribution in [0, 0.1) is 5.82 Å². The average Bonchev–Trinajstić information content (AvgIpc) is 3.38. The SMILES string of the molecule is CS(=O)(=O)N1CC2(CCN(c3nc4c(c(Nc5cccc(F)c5)n3)S(=O)CC4)CC2)c2ccccc21. The number of sulfonamides is 1. The molecular weight excluding hydrogens is 501 g/mol. The number of hydrogen-bond donors (Lipinski definition) is 1. The molecule has 1 fully saturated rings. The summed E-state index contributed by atoms with van der Waals surface area (Å²) in [4.78, 5) is 12.2. The Morgan fingerprint density at radius 3 is 2.61 bits per heavy atom. The van der Waals surface area contributed by atoms with Crippen molar-refractivity contribution in [1.82, 2.24) is 9.97 Å². The van der Waals surface area contributed by atoms with Gasteiger partial charge in [0.15, 0.2) is 5.82 Å². The summed E-state index contributed by atoms with van der Waals surface area (Å²) in [6.07, 6.45) is 3.38. The molecule has 36 heavy (non-hydrogen) atoms. The zero-order chi connectivity index (χ0) is 25.1. The normalized spacial score (nSPS) is 20.4. The molecule has 0 radical (unpaired) electrons. The highest BCUT2D eigenvalue weighted by atomic mass is 32.2. The molecule has 1 atom stereocenters. The predicted octanol–water partition coefficient (Wildman–Crippen LogP) is 3.34. The number of fused-ring (bicyclic) bond motifs is 3. The highest BCUT2D eigenvalue weighted by Crippen LogP contribution is 2.48. The molecule has 1 saturated heterocycles. The molecule has 8 nitrogen and oxygen atoms in total. The number of hydrogen-bond acceptors (Lipinski definition) is 7. The van der Waals surface area contributed by atoms with Gasteiger partial charge < -0.3 is 10.2 Å². The van der Waals surface area contributed by atoms with Crippen molar-refractivity contribution in [2.24, 2.45) is 0 Å². The molecule has 0 amide bonds. The minimum Gasteiger partial charge on any atom is -0.341 e. The van der Waals surface area contributed by atoms with Crippen molar-refractivity contribution in [2.75, 3.05) is 46.2 Å². The van der Waals surface area contributed by atoms with Gasteiger partial charge in [0.05, 0.1) is 28.4 Å². The summed E-state index contributed by atoms with van der Waals surface area (Å²) in [5.41, 5.74) is 2.88. The fraction of sp³-hybridized carbons (Fsp3) is 0.360. The number of nitrogens with zero attached hydrogens (tertiary/aromatic N) is 4. The van der Waals surface area contributed by atoms with E-state index in [4.69, 9.17) is 9.97 Å². The van der Waals surface area contributed by atoms with E-state index >= 15 is 0 Å². The zero-order valence-corrected chi connectivity index (χ0v) is 21.4. The smallest absolute Gasteiger partial charge is 0.232 e. The Labute approximate surface area is 212 Å². The Hall–Kier alpha value is -3.05. The Balaban J connectivity index is 1.30. The third-order valence-electron chi connectivity index (χ3n) is 7.36. The van der Waals surface area contributed by atoms with E-state index in [1.165, 1.54) is 22.7 Å². The minimum absolute atomic E-state index is 0.253. The molecule has 0 saturated carbocycles. The van der Waals surface area contributed by atoms with Gasteiger partial charge in [0.1, 0.15) is 10.7 Å². The second-order valence-corrected chi connectivity index (χ2v) is 13.1. The second kappa shape index (κ2) is 8.52. The minimum atomic E-state index is -3.38. The van der Waals surface area contributed by atoms with Crippen LogP contribution >= 0.6 is 0 Å². The fourth-order valence-corrected chi connectivity index (χ4v) is 7.86. The maximum atomic E-state index is 13.8. The molecule has 188 valence electrons. The van der Waals surface area contributed by atoms with Gasteiger partial charge in [-0.15, -0.1) is 0 Å². The van der Waals surface area contributed by atoms with Crippen molar-refractivity contribution < 1.29 is 17.0 Å². The number of para-hydroxylation sites is 1. The van der Waals surface area contributed by atoms with Crippen LogP contribution in [0.25, 0.3) is 0 Å². The van der Waals surface area contributed by atoms with Crippen LogP contribution < -0.4 is 14.5 Å². The molecule has 1 N–H and O–H groups in total. The van der Waals surface area contributed by atoms with E-state index in [-0.39, 0.29) is 11.2 Å². The lowest BCUT2D eigenvalue weighted by atomic mass is 9.74. The van der Waals surface area contributed by atoms with Gasteiger partial charge in [-0.1, -0.05) is 24.3 Å². The number of rotatable bonds is 4. The van der Waals surface area contributed by atoms with Crippen molar-refractivity contribution in [1.29, 1.82) is 0 Å². The number of aromatic nitrogens is 2. The van der Waals surface area contributed by atoms with Gasteiger partial charge in [0.25, 0.3) is 0 Å². The summed E-state index contributed by atoms with van der Waals surface area (Å²) in [6, 6.07) is 13.9. The van der Waals surface area contributed by atoms with Gasteiger partial charge in [-0.25, -0.2) is 17.8 Å². The Kier molecular flexibility index (Phi) is 5.52. The van der Waals surface area contributed by atoms with E-state index in [9.17, 15) is 17.0 Å². The van der Waals surface area contributed by atoms with E-state index < -0.39 is 20.8 Å². The van der Waals surface area contributed by atoms with Gasteiger partial charge in [0.2, 0.25) is 16.0 Å². The Morgan fingerprint density at radius 1 is 1.08 bits per heavy atom. The summed E-state index contributed by atoms with van der Waals surface area (Å²) < 4.78 is 53.0. The van der Waals surface area contributed by atoms with Crippen molar-refractivity contribution in [3.8, 4) is 0 Å². The summed E-state index contributed by atoms with van der Waals surface area (Å²) in [5.74, 6) is 1.12. The maximum absolute atomic E-state index is 13.8. The lowest BCUT2D eigenvalue weighted by Crippen LogP contribution is -2.46. The predicted molar refractivity (Wildman–Crippen MR) is 138 cm³/mol. The number of anilines is 4. The number of piperidine rings is 1. The van der Waals surface area contributed by atoms with E-state index in [2.05, 4.69) is 10.2 Å². The Bertz CT molecular complexity index is 1490. The van der Waals surface area contributed by atoms with Crippen LogP contribution in [0.2, 0.25) is 0 Å². The average molecular weight is 528 g/mol. The molecule has 3 aliphatic heterocycles. The first-order valence-electron chi connectivity index (χ1n) is 11.9. The van der Waals surface area contributed by atoms with Crippen LogP contribution in [0.15, 0.2) is 53.4 Å².